The first-order valence-electron chi connectivity index (χ1n) is 7.65. The highest BCUT2D eigenvalue weighted by molar-refractivity contribution is 8.00. The Morgan fingerprint density at radius 2 is 2.04 bits per heavy atom. The van der Waals surface area contributed by atoms with Gasteiger partial charge in [-0.05, 0) is 35.9 Å². The van der Waals surface area contributed by atoms with Gasteiger partial charge in [0.05, 0.1) is 16.7 Å². The van der Waals surface area contributed by atoms with Crippen LogP contribution in [0.1, 0.15) is 16.5 Å². The molecule has 0 radical (unpaired) electrons. The molecule has 0 saturated heterocycles. The van der Waals surface area contributed by atoms with Crippen LogP contribution in [0.5, 0.6) is 5.75 Å². The van der Waals surface area contributed by atoms with Crippen LogP contribution >= 0.6 is 11.8 Å². The zero-order valence-corrected chi connectivity index (χ0v) is 13.8. The molecule has 0 fully saturated rings. The second kappa shape index (κ2) is 6.25. The fourth-order valence-electron chi connectivity index (χ4n) is 2.85. The smallest absolute Gasteiger partial charge is 0.235 e. The minimum absolute atomic E-state index is 0.128. The maximum Gasteiger partial charge on any atom is 0.235 e. The topological polar surface area (TPSA) is 67.1 Å². The molecule has 25 heavy (non-hydrogen) atoms. The monoisotopic (exact) mass is 355 g/mol. The van der Waals surface area contributed by atoms with E-state index in [1.165, 1.54) is 23.9 Å². The Labute approximate surface area is 147 Å². The molecule has 1 aromatic heterocycles. The molecule has 0 bridgehead atoms. The lowest BCUT2D eigenvalue weighted by Gasteiger charge is -2.18. The average molecular weight is 355 g/mol. The molecule has 1 unspecified atom stereocenters. The van der Waals surface area contributed by atoms with E-state index in [4.69, 9.17) is 0 Å². The van der Waals surface area contributed by atoms with Crippen molar-refractivity contribution in [3.05, 3.63) is 71.9 Å². The van der Waals surface area contributed by atoms with Crippen LogP contribution in [0.15, 0.2) is 54.9 Å². The normalized spacial score (nSPS) is 16.8. The highest BCUT2D eigenvalue weighted by Crippen LogP contribution is 2.42. The van der Waals surface area contributed by atoms with E-state index < -0.39 is 0 Å². The lowest BCUT2D eigenvalue weighted by atomic mass is 10.1. The molecule has 1 aliphatic rings. The lowest BCUT2D eigenvalue weighted by molar-refractivity contribution is -0.113. The Kier molecular flexibility index (Phi) is 3.93. The van der Waals surface area contributed by atoms with Crippen molar-refractivity contribution < 1.29 is 14.3 Å². The Bertz CT molecular complexity index is 940. The molecule has 0 saturated carbocycles. The van der Waals surface area contributed by atoms with Crippen molar-refractivity contribution in [3.8, 4) is 11.4 Å². The van der Waals surface area contributed by atoms with Gasteiger partial charge < -0.3 is 10.4 Å². The van der Waals surface area contributed by atoms with E-state index in [1.54, 1.807) is 35.2 Å². The summed E-state index contributed by atoms with van der Waals surface area (Å²) >= 11 is 1.46. The quantitative estimate of drug-likeness (QED) is 0.738. The molecule has 1 aliphatic heterocycles. The first kappa shape index (κ1) is 15.7. The summed E-state index contributed by atoms with van der Waals surface area (Å²) in [5.41, 5.74) is 2.33. The van der Waals surface area contributed by atoms with Crippen LogP contribution in [0.3, 0.4) is 0 Å². The standard InChI is InChI=1S/C18H14FN3O2S/c19-12-2-1-3-13(8-12)22-10-20-18-16(22)17(25-9-15(24)21-18)11-4-6-14(23)7-5-11/h1-8,10,17,23H,9H2,(H,21,24). The predicted octanol–water partition coefficient (Wildman–Crippen LogP) is 3.49. The number of carbonyl (C=O) groups excluding carboxylic acids is 1. The molecule has 3 aromatic rings. The third kappa shape index (κ3) is 2.98. The molecule has 4 rings (SSSR count). The van der Waals surface area contributed by atoms with E-state index >= 15 is 0 Å². The molecule has 0 aliphatic carbocycles. The summed E-state index contributed by atoms with van der Waals surface area (Å²) < 4.78 is 15.4. The summed E-state index contributed by atoms with van der Waals surface area (Å²) in [5, 5.41) is 12.2. The van der Waals surface area contributed by atoms with Crippen LogP contribution in [-0.4, -0.2) is 26.3 Å². The van der Waals surface area contributed by atoms with E-state index in [9.17, 15) is 14.3 Å². The number of amides is 1. The van der Waals surface area contributed by atoms with Crippen LogP contribution < -0.4 is 5.32 Å². The van der Waals surface area contributed by atoms with Gasteiger partial charge in [-0.15, -0.1) is 11.8 Å². The fourth-order valence-corrected chi connectivity index (χ4v) is 3.97. The second-order valence-corrected chi connectivity index (χ2v) is 6.75. The van der Waals surface area contributed by atoms with Gasteiger partial charge in [0.1, 0.15) is 17.9 Å². The zero-order chi connectivity index (χ0) is 17.4. The maximum absolute atomic E-state index is 13.7. The molecule has 0 spiro atoms. The Morgan fingerprint density at radius 1 is 1.24 bits per heavy atom. The number of hydrogen-bond donors (Lipinski definition) is 2. The molecule has 5 nitrogen and oxygen atoms in total. The first-order valence-corrected chi connectivity index (χ1v) is 8.70. The van der Waals surface area contributed by atoms with Crippen molar-refractivity contribution in [2.45, 2.75) is 5.25 Å². The van der Waals surface area contributed by atoms with Crippen LogP contribution in [0.2, 0.25) is 0 Å². The van der Waals surface area contributed by atoms with Gasteiger partial charge >= 0.3 is 0 Å². The van der Waals surface area contributed by atoms with E-state index in [0.717, 1.165) is 11.3 Å². The predicted molar refractivity (Wildman–Crippen MR) is 94.6 cm³/mol. The number of anilines is 1. The van der Waals surface area contributed by atoms with E-state index in [-0.39, 0.29) is 28.5 Å². The first-order chi connectivity index (χ1) is 12.1. The summed E-state index contributed by atoms with van der Waals surface area (Å²) in [4.78, 5) is 16.3. The van der Waals surface area contributed by atoms with E-state index in [2.05, 4.69) is 10.3 Å². The molecule has 1 amide bonds. The molecule has 2 heterocycles. The largest absolute Gasteiger partial charge is 0.508 e. The molecule has 7 heteroatoms. The number of phenols is 1. The number of phenolic OH excluding ortho intramolecular Hbond substituents is 1. The van der Waals surface area contributed by atoms with Crippen molar-refractivity contribution in [2.75, 3.05) is 11.1 Å². The number of nitrogens with one attached hydrogen (secondary N) is 1. The van der Waals surface area contributed by atoms with E-state index in [1.807, 2.05) is 12.1 Å². The van der Waals surface area contributed by atoms with Gasteiger partial charge in [0.15, 0.2) is 5.82 Å². The fraction of sp³-hybridized carbons (Fsp3) is 0.111. The minimum atomic E-state index is -0.341. The van der Waals surface area contributed by atoms with E-state index in [0.29, 0.717) is 11.5 Å². The number of nitrogens with zero attached hydrogens (tertiary/aromatic N) is 2. The molecule has 2 aromatic carbocycles. The minimum Gasteiger partial charge on any atom is -0.508 e. The Hall–Kier alpha value is -2.80. The van der Waals surface area contributed by atoms with Crippen LogP contribution in [-0.2, 0) is 4.79 Å². The van der Waals surface area contributed by atoms with Crippen LogP contribution in [0.25, 0.3) is 5.69 Å². The maximum atomic E-state index is 13.7. The summed E-state index contributed by atoms with van der Waals surface area (Å²) in [6, 6.07) is 13.1. The molecule has 2 N–H and O–H groups in total. The Balaban J connectivity index is 1.88. The van der Waals surface area contributed by atoms with Crippen molar-refractivity contribution in [1.82, 2.24) is 9.55 Å². The molecule has 126 valence electrons. The summed E-state index contributed by atoms with van der Waals surface area (Å²) in [7, 11) is 0. The number of aromatic hydroxyl groups is 1. The van der Waals surface area contributed by atoms with Gasteiger partial charge in [0.25, 0.3) is 0 Å². The van der Waals surface area contributed by atoms with Gasteiger partial charge in [-0.2, -0.15) is 0 Å². The number of benzene rings is 2. The third-order valence-corrected chi connectivity index (χ3v) is 5.23. The summed E-state index contributed by atoms with van der Waals surface area (Å²) in [5.74, 6) is 0.460. The van der Waals surface area contributed by atoms with Gasteiger partial charge in [-0.25, -0.2) is 9.37 Å². The highest BCUT2D eigenvalue weighted by atomic mass is 32.2. The van der Waals surface area contributed by atoms with Gasteiger partial charge in [-0.1, -0.05) is 18.2 Å². The SMILES string of the molecule is O=C1CSC(c2ccc(O)cc2)c2c(ncn2-c2cccc(F)c2)N1. The number of aromatic nitrogens is 2. The number of halogens is 1. The molecule has 1 atom stereocenters. The Morgan fingerprint density at radius 3 is 2.80 bits per heavy atom. The summed E-state index contributed by atoms with van der Waals surface area (Å²) in [6.07, 6.45) is 1.58. The van der Waals surface area contributed by atoms with Crippen LogP contribution in [0.4, 0.5) is 10.2 Å². The van der Waals surface area contributed by atoms with Crippen molar-refractivity contribution >= 4 is 23.5 Å². The number of fused-ring (bicyclic) bond motifs is 1. The van der Waals surface area contributed by atoms with Crippen molar-refractivity contribution in [3.63, 3.8) is 0 Å². The van der Waals surface area contributed by atoms with Crippen molar-refractivity contribution in [1.29, 1.82) is 0 Å². The molecular weight excluding hydrogens is 341 g/mol. The number of thioether (sulfide) groups is 1. The average Bonchev–Trinajstić information content (AvgIpc) is 2.92. The lowest BCUT2D eigenvalue weighted by Crippen LogP contribution is -2.12. The van der Waals surface area contributed by atoms with Crippen molar-refractivity contribution in [2.24, 2.45) is 0 Å². The van der Waals surface area contributed by atoms with Gasteiger partial charge in [0, 0.05) is 5.69 Å². The number of hydrogen-bond acceptors (Lipinski definition) is 4. The van der Waals surface area contributed by atoms with Gasteiger partial charge in [0.2, 0.25) is 5.91 Å². The number of rotatable bonds is 2. The summed E-state index contributed by atoms with van der Waals surface area (Å²) in [6.45, 7) is 0. The highest BCUT2D eigenvalue weighted by Gasteiger charge is 2.29. The third-order valence-electron chi connectivity index (χ3n) is 3.97. The molecular formula is C18H14FN3O2S. The van der Waals surface area contributed by atoms with Gasteiger partial charge in [-0.3, -0.25) is 9.36 Å². The zero-order valence-electron chi connectivity index (χ0n) is 13.0. The number of imidazole rings is 1. The number of carbonyl (C=O) groups is 1. The van der Waals surface area contributed by atoms with Crippen LogP contribution in [0, 0.1) is 5.82 Å². The second-order valence-electron chi connectivity index (χ2n) is 5.66.